The van der Waals surface area contributed by atoms with Gasteiger partial charge in [0.2, 0.25) is 0 Å². The van der Waals surface area contributed by atoms with Crippen LogP contribution in [0.4, 0.5) is 13.2 Å². The van der Waals surface area contributed by atoms with Gasteiger partial charge in [-0.25, -0.2) is 23.1 Å². The van der Waals surface area contributed by atoms with Crippen LogP contribution in [-0.2, 0) is 5.41 Å². The molecule has 0 amide bonds. The lowest BCUT2D eigenvalue weighted by Crippen LogP contribution is -2.15. The van der Waals surface area contributed by atoms with Crippen molar-refractivity contribution in [3.8, 4) is 22.5 Å². The topological polar surface area (TPSA) is 56.0 Å². The third kappa shape index (κ3) is 3.11. The summed E-state index contributed by atoms with van der Waals surface area (Å²) in [5.74, 6) is -3.25. The lowest BCUT2D eigenvalue weighted by Gasteiger charge is -2.16. The van der Waals surface area contributed by atoms with Crippen LogP contribution >= 0.6 is 0 Å². The molecule has 3 heterocycles. The maximum Gasteiger partial charge on any atom is 0.251 e. The molecule has 5 nitrogen and oxygen atoms in total. The van der Waals surface area contributed by atoms with Gasteiger partial charge in [0.05, 0.1) is 30.0 Å². The SMILES string of the molecule is [2H]C([2H])([2H])C(c1cnn2c(-c3ccc(F)c(-c4ncc(F)cc4F)c3)cnc2n1)(C([2H])([2H])[2H])C([2H])([2H])[2H]. The highest BCUT2D eigenvalue weighted by Gasteiger charge is 2.19. The van der Waals surface area contributed by atoms with Gasteiger partial charge in [0, 0.05) is 34.9 Å². The zero-order chi connectivity index (χ0) is 27.6. The van der Waals surface area contributed by atoms with Gasteiger partial charge in [0.1, 0.15) is 17.3 Å². The van der Waals surface area contributed by atoms with Crippen LogP contribution in [0.2, 0.25) is 0 Å². The Morgan fingerprint density at radius 3 is 2.54 bits per heavy atom. The molecule has 0 radical (unpaired) electrons. The van der Waals surface area contributed by atoms with Crippen LogP contribution in [0, 0.1) is 17.5 Å². The molecule has 3 aromatic heterocycles. The van der Waals surface area contributed by atoms with Crippen LogP contribution in [0.15, 0.2) is 42.9 Å². The molecular formula is C20H16F3N5. The fourth-order valence-corrected chi connectivity index (χ4v) is 2.63. The quantitative estimate of drug-likeness (QED) is 0.502. The van der Waals surface area contributed by atoms with E-state index in [0.29, 0.717) is 6.07 Å². The van der Waals surface area contributed by atoms with Gasteiger partial charge in [-0.3, -0.25) is 4.98 Å². The van der Waals surface area contributed by atoms with Crippen LogP contribution in [0.25, 0.3) is 28.3 Å². The van der Waals surface area contributed by atoms with E-state index in [9.17, 15) is 13.2 Å². The maximum absolute atomic E-state index is 14.5. The summed E-state index contributed by atoms with van der Waals surface area (Å²) in [6.07, 6.45) is 2.63. The largest absolute Gasteiger partial charge is 0.251 e. The summed E-state index contributed by atoms with van der Waals surface area (Å²) in [4.78, 5) is 11.5. The number of aromatic nitrogens is 5. The molecule has 0 aliphatic heterocycles. The number of fused-ring (bicyclic) bond motifs is 1. The Labute approximate surface area is 171 Å². The van der Waals surface area contributed by atoms with Crippen molar-refractivity contribution < 1.29 is 25.5 Å². The Morgan fingerprint density at radius 2 is 1.79 bits per heavy atom. The lowest BCUT2D eigenvalue weighted by molar-refractivity contribution is 0.562. The van der Waals surface area contributed by atoms with Gasteiger partial charge in [-0.15, -0.1) is 0 Å². The molecule has 0 unspecified atom stereocenters. The predicted molar refractivity (Wildman–Crippen MR) is 98.0 cm³/mol. The van der Waals surface area contributed by atoms with Gasteiger partial charge in [-0.1, -0.05) is 20.6 Å². The number of benzene rings is 1. The number of pyridine rings is 1. The molecule has 0 fully saturated rings. The predicted octanol–water partition coefficient (Wildman–Crippen LogP) is 4.57. The Hall–Kier alpha value is -3.29. The van der Waals surface area contributed by atoms with Crippen molar-refractivity contribution in [3.63, 3.8) is 0 Å². The molecule has 142 valence electrons. The van der Waals surface area contributed by atoms with E-state index >= 15 is 0 Å². The minimum absolute atomic E-state index is 0.139. The van der Waals surface area contributed by atoms with E-state index < -0.39 is 54.8 Å². The first kappa shape index (κ1) is 10.3. The van der Waals surface area contributed by atoms with E-state index in [1.165, 1.54) is 18.3 Å². The Balaban J connectivity index is 1.90. The first-order chi connectivity index (χ1) is 17.0. The second-order valence-electron chi connectivity index (χ2n) is 5.93. The first-order valence-corrected chi connectivity index (χ1v) is 7.81. The molecule has 1 aromatic carbocycles. The number of imidazole rings is 1. The van der Waals surface area contributed by atoms with Crippen molar-refractivity contribution in [2.24, 2.45) is 0 Å². The summed E-state index contributed by atoms with van der Waals surface area (Å²) >= 11 is 0. The van der Waals surface area contributed by atoms with E-state index in [0.717, 1.165) is 23.0 Å². The molecule has 0 saturated heterocycles. The normalized spacial score (nSPS) is 18.0. The van der Waals surface area contributed by atoms with Gasteiger partial charge in [-0.2, -0.15) is 9.61 Å². The summed E-state index contributed by atoms with van der Waals surface area (Å²) in [6, 6.07) is 4.02. The fraction of sp³-hybridized carbons (Fsp3) is 0.200. The van der Waals surface area contributed by atoms with Gasteiger partial charge >= 0.3 is 0 Å². The highest BCUT2D eigenvalue weighted by atomic mass is 19.1. The molecule has 4 aromatic rings. The average Bonchev–Trinajstić information content (AvgIpc) is 3.15. The molecule has 0 N–H and O–H groups in total. The Bertz CT molecular complexity index is 1460. The summed E-state index contributed by atoms with van der Waals surface area (Å²) in [6.45, 7) is -10.6. The highest BCUT2D eigenvalue weighted by Crippen LogP contribution is 2.30. The van der Waals surface area contributed by atoms with Crippen molar-refractivity contribution in [2.75, 3.05) is 0 Å². The monoisotopic (exact) mass is 392 g/mol. The zero-order valence-corrected chi connectivity index (χ0v) is 13.9. The summed E-state index contributed by atoms with van der Waals surface area (Å²) in [5.41, 5.74) is -4.62. The molecule has 4 rings (SSSR count). The summed E-state index contributed by atoms with van der Waals surface area (Å²) in [7, 11) is 0. The third-order valence-electron chi connectivity index (χ3n) is 3.95. The maximum atomic E-state index is 14.5. The second-order valence-corrected chi connectivity index (χ2v) is 5.93. The number of rotatable bonds is 2. The van der Waals surface area contributed by atoms with Crippen molar-refractivity contribution in [2.45, 2.75) is 26.0 Å². The standard InChI is InChI=1S/C20H16F3N5/c1-20(2,3)17-10-26-28-16(9-25-19(28)27-17)11-4-5-14(22)13(6-11)18-15(23)7-12(21)8-24-18/h4-10H,1-3H3/i1D3,2D3,3D3. The highest BCUT2D eigenvalue weighted by molar-refractivity contribution is 5.71. The van der Waals surface area contributed by atoms with Crippen LogP contribution in [0.1, 0.15) is 38.6 Å². The fourth-order valence-electron chi connectivity index (χ4n) is 2.63. The number of hydrogen-bond donors (Lipinski definition) is 0. The van der Waals surface area contributed by atoms with Gasteiger partial charge < -0.3 is 0 Å². The van der Waals surface area contributed by atoms with E-state index in [1.807, 2.05) is 0 Å². The van der Waals surface area contributed by atoms with E-state index in [-0.39, 0.29) is 22.6 Å². The number of hydrogen-bond acceptors (Lipinski definition) is 4. The third-order valence-corrected chi connectivity index (χ3v) is 3.95. The summed E-state index contributed by atoms with van der Waals surface area (Å²) < 4.78 is 113. The summed E-state index contributed by atoms with van der Waals surface area (Å²) in [5, 5.41) is 3.99. The molecule has 0 aliphatic rings. The Kier molecular flexibility index (Phi) is 2.36. The number of halogens is 3. The van der Waals surface area contributed by atoms with Crippen molar-refractivity contribution in [3.05, 3.63) is 66.0 Å². The van der Waals surface area contributed by atoms with Gasteiger partial charge in [0.15, 0.2) is 5.82 Å². The molecule has 8 heteroatoms. The minimum Gasteiger partial charge on any atom is -0.250 e. The van der Waals surface area contributed by atoms with Crippen molar-refractivity contribution >= 4 is 5.78 Å². The molecule has 28 heavy (non-hydrogen) atoms. The number of nitrogens with zero attached hydrogens (tertiary/aromatic N) is 5. The van der Waals surface area contributed by atoms with Crippen LogP contribution in [-0.4, -0.2) is 24.6 Å². The molecule has 0 atom stereocenters. The molecule has 0 spiro atoms. The van der Waals surface area contributed by atoms with Crippen LogP contribution < -0.4 is 0 Å². The zero-order valence-electron chi connectivity index (χ0n) is 22.9. The molecule has 0 bridgehead atoms. The van der Waals surface area contributed by atoms with Gasteiger partial charge in [-0.05, 0) is 18.2 Å². The van der Waals surface area contributed by atoms with Gasteiger partial charge in [0.25, 0.3) is 5.78 Å². The van der Waals surface area contributed by atoms with Crippen molar-refractivity contribution in [1.82, 2.24) is 24.6 Å². The first-order valence-electron chi connectivity index (χ1n) is 12.3. The van der Waals surface area contributed by atoms with E-state index in [2.05, 4.69) is 20.1 Å². The van der Waals surface area contributed by atoms with E-state index in [4.69, 9.17) is 12.3 Å². The molecule has 0 saturated carbocycles. The van der Waals surface area contributed by atoms with Crippen LogP contribution in [0.3, 0.4) is 0 Å². The molecular weight excluding hydrogens is 367 g/mol. The average molecular weight is 392 g/mol. The minimum atomic E-state index is -3.54. The van der Waals surface area contributed by atoms with E-state index in [1.54, 1.807) is 0 Å². The molecule has 0 aliphatic carbocycles. The van der Waals surface area contributed by atoms with Crippen molar-refractivity contribution in [1.29, 1.82) is 0 Å². The lowest BCUT2D eigenvalue weighted by atomic mass is 9.93. The smallest absolute Gasteiger partial charge is 0.250 e. The van der Waals surface area contributed by atoms with Crippen LogP contribution in [0.5, 0.6) is 0 Å². The second kappa shape index (κ2) is 6.40. The Morgan fingerprint density at radius 1 is 0.964 bits per heavy atom.